The molecule has 1 aliphatic carbocycles. The van der Waals surface area contributed by atoms with Crippen LogP contribution in [0.4, 0.5) is 0 Å². The van der Waals surface area contributed by atoms with E-state index in [-0.39, 0.29) is 17.0 Å². The maximum absolute atomic E-state index is 6.72. The molecule has 0 bridgehead atoms. The normalized spacial score (nSPS) is 20.5. The van der Waals surface area contributed by atoms with Gasteiger partial charge in [0.15, 0.2) is 0 Å². The van der Waals surface area contributed by atoms with Gasteiger partial charge in [0.1, 0.15) is 0 Å². The van der Waals surface area contributed by atoms with Gasteiger partial charge in [0, 0.05) is 11.6 Å². The number of nitrogens with two attached hydrogens (primary N) is 1. The zero-order valence-electron chi connectivity index (χ0n) is 14.4. The molecule has 0 amide bonds. The van der Waals surface area contributed by atoms with E-state index in [1.54, 1.807) is 0 Å². The van der Waals surface area contributed by atoms with Crippen molar-refractivity contribution in [2.24, 2.45) is 5.73 Å². The van der Waals surface area contributed by atoms with E-state index < -0.39 is 0 Å². The summed E-state index contributed by atoms with van der Waals surface area (Å²) < 4.78 is 0. The molecule has 2 N–H and O–H groups in total. The quantitative estimate of drug-likeness (QED) is 0.901. The van der Waals surface area contributed by atoms with Crippen molar-refractivity contribution in [3.63, 3.8) is 0 Å². The molecular formula is C19H32N2. The van der Waals surface area contributed by atoms with Crippen LogP contribution in [0.5, 0.6) is 0 Å². The molecule has 2 nitrogen and oxygen atoms in total. The third kappa shape index (κ3) is 3.32. The highest BCUT2D eigenvalue weighted by atomic mass is 15.2. The molecule has 0 aliphatic heterocycles. The summed E-state index contributed by atoms with van der Waals surface area (Å²) in [5, 5.41) is 0. The summed E-state index contributed by atoms with van der Waals surface area (Å²) in [4.78, 5) is 2.37. The van der Waals surface area contributed by atoms with Crippen molar-refractivity contribution in [3.05, 3.63) is 35.4 Å². The summed E-state index contributed by atoms with van der Waals surface area (Å²) in [6.45, 7) is 6.76. The highest BCUT2D eigenvalue weighted by molar-refractivity contribution is 5.31. The van der Waals surface area contributed by atoms with Crippen LogP contribution < -0.4 is 5.73 Å². The van der Waals surface area contributed by atoms with Gasteiger partial charge in [-0.2, -0.15) is 0 Å². The highest BCUT2D eigenvalue weighted by Crippen LogP contribution is 2.41. The van der Waals surface area contributed by atoms with Crippen LogP contribution in [0.2, 0.25) is 0 Å². The predicted octanol–water partition coefficient (Wildman–Crippen LogP) is 4.25. The lowest BCUT2D eigenvalue weighted by Crippen LogP contribution is -2.53. The first-order chi connectivity index (χ1) is 9.77. The predicted molar refractivity (Wildman–Crippen MR) is 91.6 cm³/mol. The maximum Gasteiger partial charge on any atom is 0.0481 e. The minimum absolute atomic E-state index is 0.0989. The molecule has 0 aromatic heterocycles. The molecule has 1 aromatic rings. The largest absolute Gasteiger partial charge is 0.322 e. The molecule has 0 heterocycles. The van der Waals surface area contributed by atoms with E-state index >= 15 is 0 Å². The van der Waals surface area contributed by atoms with Crippen molar-refractivity contribution in [1.29, 1.82) is 0 Å². The van der Waals surface area contributed by atoms with E-state index in [1.807, 2.05) is 0 Å². The fraction of sp³-hybridized carbons (Fsp3) is 0.684. The number of hydrogen-bond donors (Lipinski definition) is 1. The van der Waals surface area contributed by atoms with Gasteiger partial charge in [0.2, 0.25) is 0 Å². The molecule has 0 saturated heterocycles. The first kappa shape index (κ1) is 16.5. The molecule has 1 unspecified atom stereocenters. The molecule has 0 spiro atoms. The van der Waals surface area contributed by atoms with Gasteiger partial charge in [0.05, 0.1) is 0 Å². The maximum atomic E-state index is 6.72. The molecule has 1 atom stereocenters. The number of benzene rings is 1. The van der Waals surface area contributed by atoms with Crippen molar-refractivity contribution >= 4 is 0 Å². The fourth-order valence-electron chi connectivity index (χ4n) is 3.70. The van der Waals surface area contributed by atoms with Crippen LogP contribution in [0, 0.1) is 0 Å². The van der Waals surface area contributed by atoms with Gasteiger partial charge in [-0.3, -0.25) is 0 Å². The van der Waals surface area contributed by atoms with Gasteiger partial charge in [-0.15, -0.1) is 0 Å². The monoisotopic (exact) mass is 288 g/mol. The van der Waals surface area contributed by atoms with E-state index in [0.29, 0.717) is 0 Å². The Labute approximate surface area is 130 Å². The fourth-order valence-corrected chi connectivity index (χ4v) is 3.70. The van der Waals surface area contributed by atoms with E-state index in [0.717, 1.165) is 0 Å². The molecule has 0 radical (unpaired) electrons. The number of hydrogen-bond acceptors (Lipinski definition) is 2. The van der Waals surface area contributed by atoms with Crippen LogP contribution >= 0.6 is 0 Å². The summed E-state index contributed by atoms with van der Waals surface area (Å²) in [5.41, 5.74) is 9.70. The van der Waals surface area contributed by atoms with Crippen molar-refractivity contribution < 1.29 is 0 Å². The second-order valence-electron chi connectivity index (χ2n) is 7.91. The summed E-state index contributed by atoms with van der Waals surface area (Å²) in [7, 11) is 4.38. The van der Waals surface area contributed by atoms with E-state index in [2.05, 4.69) is 64.0 Å². The molecule has 2 heteroatoms. The van der Waals surface area contributed by atoms with Crippen LogP contribution in [-0.2, 0) is 5.41 Å². The zero-order chi connectivity index (χ0) is 15.7. The standard InChI is InChI=1S/C19H32N2/c1-18(2,3)16-11-9-15(10-12-16)17(20)19(21(4)5)13-7-6-8-14-19/h9-12,17H,6-8,13-14,20H2,1-5H3. The van der Waals surface area contributed by atoms with Gasteiger partial charge in [0.25, 0.3) is 0 Å². The number of rotatable bonds is 3. The Hall–Kier alpha value is -0.860. The third-order valence-electron chi connectivity index (χ3n) is 5.32. The smallest absolute Gasteiger partial charge is 0.0481 e. The van der Waals surface area contributed by atoms with Crippen LogP contribution in [0.15, 0.2) is 24.3 Å². The molecule has 1 aliphatic rings. The Morgan fingerprint density at radius 3 is 1.95 bits per heavy atom. The lowest BCUT2D eigenvalue weighted by Gasteiger charge is -2.47. The van der Waals surface area contributed by atoms with Crippen LogP contribution in [0.3, 0.4) is 0 Å². The lowest BCUT2D eigenvalue weighted by molar-refractivity contribution is 0.0713. The molecule has 1 fully saturated rings. The minimum Gasteiger partial charge on any atom is -0.322 e. The van der Waals surface area contributed by atoms with Crippen molar-refractivity contribution in [3.8, 4) is 0 Å². The van der Waals surface area contributed by atoms with Gasteiger partial charge in [-0.25, -0.2) is 0 Å². The van der Waals surface area contributed by atoms with Gasteiger partial charge >= 0.3 is 0 Å². The first-order valence-electron chi connectivity index (χ1n) is 8.31. The SMILES string of the molecule is CN(C)C1(C(N)c2ccc(C(C)(C)C)cc2)CCCCC1. The van der Waals surface area contributed by atoms with Gasteiger partial charge in [-0.1, -0.05) is 64.3 Å². The van der Waals surface area contributed by atoms with E-state index in [4.69, 9.17) is 5.73 Å². The molecule has 2 rings (SSSR count). The lowest BCUT2D eigenvalue weighted by atomic mass is 9.73. The van der Waals surface area contributed by atoms with E-state index in [9.17, 15) is 0 Å². The summed E-state index contributed by atoms with van der Waals surface area (Å²) in [5.74, 6) is 0. The second-order valence-corrected chi connectivity index (χ2v) is 7.91. The van der Waals surface area contributed by atoms with Crippen molar-refractivity contribution in [2.45, 2.75) is 69.9 Å². The Morgan fingerprint density at radius 1 is 1.00 bits per heavy atom. The molecular weight excluding hydrogens is 256 g/mol. The van der Waals surface area contributed by atoms with Crippen molar-refractivity contribution in [1.82, 2.24) is 4.90 Å². The minimum atomic E-state index is 0.0989. The second kappa shape index (κ2) is 6.10. The zero-order valence-corrected chi connectivity index (χ0v) is 14.4. The van der Waals surface area contributed by atoms with Crippen molar-refractivity contribution in [2.75, 3.05) is 14.1 Å². The Balaban J connectivity index is 2.27. The van der Waals surface area contributed by atoms with Crippen LogP contribution in [0.25, 0.3) is 0 Å². The third-order valence-corrected chi connectivity index (χ3v) is 5.32. The first-order valence-corrected chi connectivity index (χ1v) is 8.31. The van der Waals surface area contributed by atoms with Gasteiger partial charge in [-0.05, 0) is 43.5 Å². The Bertz CT molecular complexity index is 447. The van der Waals surface area contributed by atoms with E-state index in [1.165, 1.54) is 43.2 Å². The molecule has 21 heavy (non-hydrogen) atoms. The van der Waals surface area contributed by atoms with Crippen LogP contribution in [0.1, 0.15) is 70.0 Å². The molecule has 1 saturated carbocycles. The summed E-state index contributed by atoms with van der Waals surface area (Å²) in [6.07, 6.45) is 6.37. The van der Waals surface area contributed by atoms with Gasteiger partial charge < -0.3 is 10.6 Å². The number of nitrogens with zero attached hydrogens (tertiary/aromatic N) is 1. The Morgan fingerprint density at radius 2 is 1.52 bits per heavy atom. The summed E-state index contributed by atoms with van der Waals surface area (Å²) >= 11 is 0. The topological polar surface area (TPSA) is 29.3 Å². The molecule has 1 aromatic carbocycles. The average molecular weight is 288 g/mol. The molecule has 118 valence electrons. The highest BCUT2D eigenvalue weighted by Gasteiger charge is 2.40. The van der Waals surface area contributed by atoms with Crippen LogP contribution in [-0.4, -0.2) is 24.5 Å². The Kier molecular flexibility index (Phi) is 4.79. The number of likely N-dealkylation sites (N-methyl/N-ethyl adjacent to an activating group) is 1. The summed E-state index contributed by atoms with van der Waals surface area (Å²) in [6, 6.07) is 9.08. The average Bonchev–Trinajstić information content (AvgIpc) is 2.46.